The average Bonchev–Trinajstić information content (AvgIpc) is 3.12. The van der Waals surface area contributed by atoms with E-state index in [1.807, 2.05) is 7.05 Å². The van der Waals surface area contributed by atoms with E-state index in [9.17, 15) is 10.1 Å². The van der Waals surface area contributed by atoms with Crippen molar-refractivity contribution in [1.29, 1.82) is 0 Å². The molecule has 1 aromatic carbocycles. The van der Waals surface area contributed by atoms with Gasteiger partial charge in [0.05, 0.1) is 4.92 Å². The van der Waals surface area contributed by atoms with Gasteiger partial charge in [-0.2, -0.15) is 0 Å². The van der Waals surface area contributed by atoms with Crippen LogP contribution in [0.1, 0.15) is 18.4 Å². The number of benzene rings is 1. The molecule has 1 aliphatic rings. The molecule has 0 atom stereocenters. The first-order valence-corrected chi connectivity index (χ1v) is 5.77. The third kappa shape index (κ3) is 2.74. The summed E-state index contributed by atoms with van der Waals surface area (Å²) in [5.41, 5.74) is 2.10. The minimum atomic E-state index is -0.347. The lowest BCUT2D eigenvalue weighted by Crippen LogP contribution is -2.20. The average molecular weight is 235 g/mol. The van der Waals surface area contributed by atoms with E-state index in [0.29, 0.717) is 6.04 Å². The summed E-state index contributed by atoms with van der Waals surface area (Å²) in [4.78, 5) is 12.7. The number of anilines is 1. The molecule has 2 rings (SSSR count). The van der Waals surface area contributed by atoms with Crippen LogP contribution in [0.2, 0.25) is 0 Å². The van der Waals surface area contributed by atoms with E-state index in [2.05, 4.69) is 17.3 Å². The predicted molar refractivity (Wildman–Crippen MR) is 67.1 cm³/mol. The predicted octanol–water partition coefficient (Wildman–Crippen LogP) is 2.23. The van der Waals surface area contributed by atoms with Gasteiger partial charge in [-0.15, -0.1) is 0 Å². The Kier molecular flexibility index (Phi) is 3.28. The highest BCUT2D eigenvalue weighted by atomic mass is 16.6. The second-order valence-corrected chi connectivity index (χ2v) is 4.49. The van der Waals surface area contributed by atoms with Gasteiger partial charge < -0.3 is 5.32 Å². The Balaban J connectivity index is 2.21. The van der Waals surface area contributed by atoms with Crippen LogP contribution >= 0.6 is 0 Å². The van der Waals surface area contributed by atoms with Crippen molar-refractivity contribution in [1.82, 2.24) is 4.90 Å². The standard InChI is InChI=1S/C12H17N3O2/c1-13-12-6-5-11(15(16)17)7-9(12)8-14(2)10-3-4-10/h5-7,10,13H,3-4,8H2,1-2H3. The summed E-state index contributed by atoms with van der Waals surface area (Å²) in [6, 6.07) is 5.62. The summed E-state index contributed by atoms with van der Waals surface area (Å²) in [6.45, 7) is 0.752. The quantitative estimate of drug-likeness (QED) is 0.628. The first kappa shape index (κ1) is 11.9. The van der Waals surface area contributed by atoms with Crippen molar-refractivity contribution in [3.63, 3.8) is 0 Å². The Labute approximate surface area is 101 Å². The van der Waals surface area contributed by atoms with E-state index in [-0.39, 0.29) is 10.6 Å². The Morgan fingerprint density at radius 1 is 1.53 bits per heavy atom. The molecule has 0 aromatic heterocycles. The molecule has 1 fully saturated rings. The van der Waals surface area contributed by atoms with Crippen molar-refractivity contribution >= 4 is 11.4 Å². The SMILES string of the molecule is CNc1ccc([N+](=O)[O-])cc1CN(C)C1CC1. The zero-order chi connectivity index (χ0) is 12.4. The highest BCUT2D eigenvalue weighted by molar-refractivity contribution is 5.55. The van der Waals surface area contributed by atoms with Crippen LogP contribution in [0.4, 0.5) is 11.4 Å². The number of rotatable bonds is 5. The zero-order valence-corrected chi connectivity index (χ0v) is 10.1. The van der Waals surface area contributed by atoms with Crippen LogP contribution in [0, 0.1) is 10.1 Å². The molecule has 0 saturated heterocycles. The monoisotopic (exact) mass is 235 g/mol. The Morgan fingerprint density at radius 3 is 2.76 bits per heavy atom. The summed E-state index contributed by atoms with van der Waals surface area (Å²) in [7, 11) is 3.90. The maximum atomic E-state index is 10.8. The van der Waals surface area contributed by atoms with Crippen LogP contribution in [0.15, 0.2) is 18.2 Å². The molecule has 1 aromatic rings. The molecule has 0 radical (unpaired) electrons. The van der Waals surface area contributed by atoms with Crippen molar-refractivity contribution in [2.45, 2.75) is 25.4 Å². The van der Waals surface area contributed by atoms with Crippen molar-refractivity contribution in [2.75, 3.05) is 19.4 Å². The van der Waals surface area contributed by atoms with Crippen LogP contribution in [0.5, 0.6) is 0 Å². The molecule has 0 unspecified atom stereocenters. The number of nitro groups is 1. The lowest BCUT2D eigenvalue weighted by atomic mass is 10.1. The smallest absolute Gasteiger partial charge is 0.269 e. The minimum absolute atomic E-state index is 0.156. The van der Waals surface area contributed by atoms with Crippen LogP contribution < -0.4 is 5.32 Å². The lowest BCUT2D eigenvalue weighted by Gasteiger charge is -2.17. The molecule has 1 saturated carbocycles. The third-order valence-electron chi connectivity index (χ3n) is 3.16. The van der Waals surface area contributed by atoms with Gasteiger partial charge >= 0.3 is 0 Å². The summed E-state index contributed by atoms with van der Waals surface area (Å²) in [6.07, 6.45) is 2.47. The summed E-state index contributed by atoms with van der Waals surface area (Å²) in [5.74, 6) is 0. The summed E-state index contributed by atoms with van der Waals surface area (Å²) in [5, 5.41) is 13.8. The van der Waals surface area contributed by atoms with E-state index in [4.69, 9.17) is 0 Å². The second-order valence-electron chi connectivity index (χ2n) is 4.49. The molecule has 0 heterocycles. The number of hydrogen-bond acceptors (Lipinski definition) is 4. The normalized spacial score (nSPS) is 15.0. The van der Waals surface area contributed by atoms with Gasteiger partial charge in [0.15, 0.2) is 0 Å². The van der Waals surface area contributed by atoms with Gasteiger partial charge in [-0.3, -0.25) is 15.0 Å². The fraction of sp³-hybridized carbons (Fsp3) is 0.500. The summed E-state index contributed by atoms with van der Waals surface area (Å²) >= 11 is 0. The third-order valence-corrected chi connectivity index (χ3v) is 3.16. The van der Waals surface area contributed by atoms with Crippen molar-refractivity contribution in [2.24, 2.45) is 0 Å². The molecule has 5 nitrogen and oxygen atoms in total. The summed E-state index contributed by atoms with van der Waals surface area (Å²) < 4.78 is 0. The van der Waals surface area contributed by atoms with E-state index in [1.54, 1.807) is 12.1 Å². The highest BCUT2D eigenvalue weighted by Gasteiger charge is 2.26. The van der Waals surface area contributed by atoms with Crippen molar-refractivity contribution < 1.29 is 4.92 Å². The molecule has 1 aliphatic carbocycles. The van der Waals surface area contributed by atoms with Gasteiger partial charge in [0, 0.05) is 37.5 Å². The molecule has 92 valence electrons. The van der Waals surface area contributed by atoms with E-state index >= 15 is 0 Å². The van der Waals surface area contributed by atoms with Crippen LogP contribution in [0.25, 0.3) is 0 Å². The fourth-order valence-electron chi connectivity index (χ4n) is 1.98. The maximum absolute atomic E-state index is 10.8. The van der Waals surface area contributed by atoms with Gasteiger partial charge in [0.1, 0.15) is 0 Å². The first-order chi connectivity index (χ1) is 8.11. The molecule has 5 heteroatoms. The number of nitrogens with one attached hydrogen (secondary N) is 1. The van der Waals surface area contributed by atoms with Crippen LogP contribution in [-0.4, -0.2) is 30.0 Å². The van der Waals surface area contributed by atoms with E-state index in [1.165, 1.54) is 18.9 Å². The highest BCUT2D eigenvalue weighted by Crippen LogP contribution is 2.29. The molecular weight excluding hydrogens is 218 g/mol. The van der Waals surface area contributed by atoms with Crippen molar-refractivity contribution in [3.8, 4) is 0 Å². The van der Waals surface area contributed by atoms with E-state index in [0.717, 1.165) is 17.8 Å². The minimum Gasteiger partial charge on any atom is -0.388 e. The maximum Gasteiger partial charge on any atom is 0.269 e. The van der Waals surface area contributed by atoms with E-state index < -0.39 is 0 Å². The molecule has 0 spiro atoms. The zero-order valence-electron chi connectivity index (χ0n) is 10.1. The Morgan fingerprint density at radius 2 is 2.24 bits per heavy atom. The van der Waals surface area contributed by atoms with Gasteiger partial charge in [-0.25, -0.2) is 0 Å². The first-order valence-electron chi connectivity index (χ1n) is 5.77. The molecule has 1 N–H and O–H groups in total. The molecule has 0 bridgehead atoms. The van der Waals surface area contributed by atoms with Gasteiger partial charge in [-0.1, -0.05) is 0 Å². The van der Waals surface area contributed by atoms with Crippen molar-refractivity contribution in [3.05, 3.63) is 33.9 Å². The Bertz CT molecular complexity index is 430. The molecule has 0 aliphatic heterocycles. The number of nitro benzene ring substituents is 1. The van der Waals surface area contributed by atoms with Crippen LogP contribution in [0.3, 0.4) is 0 Å². The number of hydrogen-bond donors (Lipinski definition) is 1. The largest absolute Gasteiger partial charge is 0.388 e. The topological polar surface area (TPSA) is 58.4 Å². The number of non-ortho nitro benzene ring substituents is 1. The second kappa shape index (κ2) is 4.71. The van der Waals surface area contributed by atoms with Crippen LogP contribution in [-0.2, 0) is 6.54 Å². The van der Waals surface area contributed by atoms with Gasteiger partial charge in [-0.05, 0) is 31.5 Å². The Hall–Kier alpha value is -1.62. The van der Waals surface area contributed by atoms with Gasteiger partial charge in [0.25, 0.3) is 5.69 Å². The fourth-order valence-corrected chi connectivity index (χ4v) is 1.98. The lowest BCUT2D eigenvalue weighted by molar-refractivity contribution is -0.384. The number of nitrogens with zero attached hydrogens (tertiary/aromatic N) is 2. The molecule has 17 heavy (non-hydrogen) atoms. The molecular formula is C12H17N3O2. The van der Waals surface area contributed by atoms with Gasteiger partial charge in [0.2, 0.25) is 0 Å². The molecule has 0 amide bonds.